The van der Waals surface area contributed by atoms with E-state index in [1.54, 1.807) is 0 Å². The first-order valence-corrected chi connectivity index (χ1v) is 3.52. The van der Waals surface area contributed by atoms with E-state index in [-0.39, 0.29) is 0 Å². The van der Waals surface area contributed by atoms with Crippen LogP contribution >= 0.6 is 12.2 Å². The largest absolute Gasteiger partial charge is 0.379 e. The molecule has 0 saturated carbocycles. The normalized spacial score (nSPS) is 8.90. The van der Waals surface area contributed by atoms with Gasteiger partial charge in [-0.15, -0.1) is 0 Å². The molecule has 2 heteroatoms. The van der Waals surface area contributed by atoms with Gasteiger partial charge in [0.15, 0.2) is 0 Å². The first-order valence-electron chi connectivity index (χ1n) is 3.11. The molecule has 0 amide bonds. The number of hydrogen-bond acceptors (Lipinski definition) is 1. The van der Waals surface area contributed by atoms with Gasteiger partial charge in [-0.3, -0.25) is 0 Å². The lowest BCUT2D eigenvalue weighted by Crippen LogP contribution is -2.15. The monoisotopic (exact) mass is 151 g/mol. The Morgan fingerprint density at radius 2 is 1.90 bits per heavy atom. The van der Waals surface area contributed by atoms with E-state index < -0.39 is 0 Å². The van der Waals surface area contributed by atoms with Gasteiger partial charge in [-0.2, -0.15) is 0 Å². The van der Waals surface area contributed by atoms with Gasteiger partial charge in [-0.05, 0) is 0 Å². The highest BCUT2D eigenvalue weighted by molar-refractivity contribution is 7.80. The highest BCUT2D eigenvalue weighted by Crippen LogP contribution is 1.97. The standard InChI is InChI=1S/C8H9NS/c1-9-8(10)7-5-3-2-4-6-7/h2-6H,1H3,(H,9,10). The molecule has 1 rings (SSSR count). The summed E-state index contributed by atoms with van der Waals surface area (Å²) >= 11 is 5.01. The van der Waals surface area contributed by atoms with E-state index in [1.165, 1.54) is 0 Å². The smallest absolute Gasteiger partial charge is 0.106 e. The van der Waals surface area contributed by atoms with Crippen molar-refractivity contribution in [3.63, 3.8) is 0 Å². The molecule has 0 radical (unpaired) electrons. The summed E-state index contributed by atoms with van der Waals surface area (Å²) in [4.78, 5) is 0.792. The SMILES string of the molecule is CNC(=S)c1ccccc1. The Hall–Kier alpha value is -0.890. The Bertz CT molecular complexity index is 218. The first-order chi connectivity index (χ1) is 4.84. The van der Waals surface area contributed by atoms with Crippen molar-refractivity contribution in [2.45, 2.75) is 0 Å². The van der Waals surface area contributed by atoms with Crippen LogP contribution in [-0.4, -0.2) is 12.0 Å². The van der Waals surface area contributed by atoms with Gasteiger partial charge in [-0.1, -0.05) is 42.5 Å². The predicted molar refractivity (Wildman–Crippen MR) is 47.2 cm³/mol. The van der Waals surface area contributed by atoms with Gasteiger partial charge in [0.05, 0.1) is 0 Å². The molecule has 0 aliphatic heterocycles. The molecule has 52 valence electrons. The van der Waals surface area contributed by atoms with Crippen molar-refractivity contribution in [1.29, 1.82) is 0 Å². The minimum atomic E-state index is 0.792. The van der Waals surface area contributed by atoms with Gasteiger partial charge in [0.1, 0.15) is 4.99 Å². The molecule has 1 nitrogen and oxygen atoms in total. The Balaban J connectivity index is 2.85. The third-order valence-corrected chi connectivity index (χ3v) is 1.70. The van der Waals surface area contributed by atoms with Crippen molar-refractivity contribution in [3.8, 4) is 0 Å². The van der Waals surface area contributed by atoms with Crippen molar-refractivity contribution >= 4 is 17.2 Å². The maximum absolute atomic E-state index is 5.01. The second kappa shape index (κ2) is 3.32. The number of benzene rings is 1. The molecule has 0 atom stereocenters. The Morgan fingerprint density at radius 3 is 2.40 bits per heavy atom. The highest BCUT2D eigenvalue weighted by Gasteiger charge is 1.93. The Kier molecular flexibility index (Phi) is 2.40. The van der Waals surface area contributed by atoms with Gasteiger partial charge >= 0.3 is 0 Å². The fourth-order valence-electron chi connectivity index (χ4n) is 0.734. The fourth-order valence-corrected chi connectivity index (χ4v) is 0.870. The van der Waals surface area contributed by atoms with Crippen LogP contribution in [0.1, 0.15) is 5.56 Å². The molecule has 0 unspecified atom stereocenters. The summed E-state index contributed by atoms with van der Waals surface area (Å²) in [5.74, 6) is 0. The van der Waals surface area contributed by atoms with E-state index in [0.717, 1.165) is 10.6 Å². The lowest BCUT2D eigenvalue weighted by molar-refractivity contribution is 1.20. The van der Waals surface area contributed by atoms with Crippen molar-refractivity contribution in [2.24, 2.45) is 0 Å². The summed E-state index contributed by atoms with van der Waals surface area (Å²) in [5.41, 5.74) is 1.07. The third kappa shape index (κ3) is 1.54. The van der Waals surface area contributed by atoms with Crippen molar-refractivity contribution in [2.75, 3.05) is 7.05 Å². The van der Waals surface area contributed by atoms with Crippen LogP contribution in [-0.2, 0) is 0 Å². The quantitative estimate of drug-likeness (QED) is 0.612. The van der Waals surface area contributed by atoms with Crippen LogP contribution < -0.4 is 5.32 Å². The summed E-state index contributed by atoms with van der Waals surface area (Å²) in [7, 11) is 1.83. The van der Waals surface area contributed by atoms with E-state index in [9.17, 15) is 0 Å². The predicted octanol–water partition coefficient (Wildman–Crippen LogP) is 1.58. The number of thiocarbonyl (C=S) groups is 1. The molecule has 0 heterocycles. The lowest BCUT2D eigenvalue weighted by Gasteiger charge is -1.99. The molecule has 0 saturated heterocycles. The molecule has 0 aromatic heterocycles. The van der Waals surface area contributed by atoms with Crippen LogP contribution in [0.3, 0.4) is 0 Å². The van der Waals surface area contributed by atoms with Gasteiger partial charge < -0.3 is 5.32 Å². The minimum Gasteiger partial charge on any atom is -0.379 e. The molecule has 0 bridgehead atoms. The highest BCUT2D eigenvalue weighted by atomic mass is 32.1. The molecular formula is C8H9NS. The topological polar surface area (TPSA) is 12.0 Å². The van der Waals surface area contributed by atoms with Gasteiger partial charge in [-0.25, -0.2) is 0 Å². The zero-order chi connectivity index (χ0) is 7.40. The van der Waals surface area contributed by atoms with Crippen LogP contribution in [0.4, 0.5) is 0 Å². The molecular weight excluding hydrogens is 142 g/mol. The van der Waals surface area contributed by atoms with Crippen LogP contribution in [0.15, 0.2) is 30.3 Å². The zero-order valence-corrected chi connectivity index (χ0v) is 6.61. The molecule has 0 spiro atoms. The summed E-state index contributed by atoms with van der Waals surface area (Å²) < 4.78 is 0. The van der Waals surface area contributed by atoms with Gasteiger partial charge in [0.2, 0.25) is 0 Å². The van der Waals surface area contributed by atoms with Crippen LogP contribution in [0, 0.1) is 0 Å². The Labute approximate surface area is 66.1 Å². The summed E-state index contributed by atoms with van der Waals surface area (Å²) in [6, 6.07) is 9.89. The first kappa shape index (κ1) is 7.22. The average Bonchev–Trinajstić information content (AvgIpc) is 2.05. The zero-order valence-electron chi connectivity index (χ0n) is 5.79. The fraction of sp³-hybridized carbons (Fsp3) is 0.125. The van der Waals surface area contributed by atoms with E-state index in [0.29, 0.717) is 0 Å². The average molecular weight is 151 g/mol. The van der Waals surface area contributed by atoms with E-state index >= 15 is 0 Å². The van der Waals surface area contributed by atoms with Crippen molar-refractivity contribution < 1.29 is 0 Å². The lowest BCUT2D eigenvalue weighted by atomic mass is 10.2. The third-order valence-electron chi connectivity index (χ3n) is 1.26. The molecule has 0 fully saturated rings. The van der Waals surface area contributed by atoms with Crippen molar-refractivity contribution in [3.05, 3.63) is 35.9 Å². The molecule has 0 aliphatic carbocycles. The van der Waals surface area contributed by atoms with Gasteiger partial charge in [0.25, 0.3) is 0 Å². The number of hydrogen-bond donors (Lipinski definition) is 1. The molecule has 1 aromatic carbocycles. The number of rotatable bonds is 1. The second-order valence-electron chi connectivity index (χ2n) is 1.95. The van der Waals surface area contributed by atoms with Crippen molar-refractivity contribution in [1.82, 2.24) is 5.32 Å². The number of nitrogens with one attached hydrogen (secondary N) is 1. The minimum absolute atomic E-state index is 0.792. The van der Waals surface area contributed by atoms with Crippen LogP contribution in [0.25, 0.3) is 0 Å². The molecule has 10 heavy (non-hydrogen) atoms. The molecule has 1 aromatic rings. The van der Waals surface area contributed by atoms with Crippen LogP contribution in [0.5, 0.6) is 0 Å². The molecule has 1 N–H and O–H groups in total. The van der Waals surface area contributed by atoms with E-state index in [2.05, 4.69) is 5.32 Å². The second-order valence-corrected chi connectivity index (χ2v) is 2.35. The van der Waals surface area contributed by atoms with Crippen LogP contribution in [0.2, 0.25) is 0 Å². The maximum Gasteiger partial charge on any atom is 0.106 e. The Morgan fingerprint density at radius 1 is 1.30 bits per heavy atom. The molecule has 0 aliphatic rings. The van der Waals surface area contributed by atoms with Gasteiger partial charge in [0, 0.05) is 12.6 Å². The van der Waals surface area contributed by atoms with E-state index in [4.69, 9.17) is 12.2 Å². The summed E-state index contributed by atoms with van der Waals surface area (Å²) in [6.45, 7) is 0. The maximum atomic E-state index is 5.01. The van der Waals surface area contributed by atoms with E-state index in [1.807, 2.05) is 37.4 Å². The summed E-state index contributed by atoms with van der Waals surface area (Å²) in [5, 5.41) is 2.91. The summed E-state index contributed by atoms with van der Waals surface area (Å²) in [6.07, 6.45) is 0.